The van der Waals surface area contributed by atoms with Crippen LogP contribution in [0.25, 0.3) is 33.6 Å². The van der Waals surface area contributed by atoms with Crippen LogP contribution in [-0.2, 0) is 39.8 Å². The van der Waals surface area contributed by atoms with Gasteiger partial charge in [0.25, 0.3) is 6.47 Å². The molecule has 1 fully saturated rings. The lowest BCUT2D eigenvalue weighted by atomic mass is 9.98. The summed E-state index contributed by atoms with van der Waals surface area (Å²) in [4.78, 5) is 62.3. The molecule has 4 aromatic rings. The minimum atomic E-state index is -0.722. The number of methoxy groups -OCH3 is 4. The van der Waals surface area contributed by atoms with Crippen LogP contribution in [0.5, 0.6) is 11.5 Å². The molecule has 18 heteroatoms. The van der Waals surface area contributed by atoms with E-state index in [1.807, 2.05) is 32.2 Å². The molecular formula is C45H68N8O10. The number of aromatic amines is 2. The van der Waals surface area contributed by atoms with Crippen molar-refractivity contribution in [3.05, 3.63) is 60.4 Å². The van der Waals surface area contributed by atoms with E-state index in [0.29, 0.717) is 62.5 Å². The predicted octanol–water partition coefficient (Wildman–Crippen LogP) is 5.69. The van der Waals surface area contributed by atoms with E-state index in [2.05, 4.69) is 75.4 Å². The summed E-state index contributed by atoms with van der Waals surface area (Å²) in [5.41, 5.74) is 9.96. The number of rotatable bonds is 19. The van der Waals surface area contributed by atoms with Crippen LogP contribution < -0.4 is 25.8 Å². The van der Waals surface area contributed by atoms with E-state index < -0.39 is 12.1 Å². The third-order valence-corrected chi connectivity index (χ3v) is 9.23. The summed E-state index contributed by atoms with van der Waals surface area (Å²) in [6.07, 6.45) is 6.60. The number of benzene rings is 2. The van der Waals surface area contributed by atoms with Crippen LogP contribution in [-0.4, -0.2) is 130 Å². The highest BCUT2D eigenvalue weighted by Crippen LogP contribution is 2.45. The smallest absolute Gasteiger partial charge is 0.407 e. The van der Waals surface area contributed by atoms with E-state index in [0.717, 1.165) is 53.0 Å². The van der Waals surface area contributed by atoms with Crippen molar-refractivity contribution < 1.29 is 47.6 Å². The van der Waals surface area contributed by atoms with Crippen molar-refractivity contribution in [2.75, 3.05) is 75.0 Å². The fraction of sp³-hybridized carbons (Fsp3) is 0.511. The minimum Gasteiger partial charge on any atom is -0.487 e. The Kier molecular flexibility index (Phi) is 24.8. The number of aromatic nitrogens is 4. The van der Waals surface area contributed by atoms with E-state index in [1.54, 1.807) is 32.4 Å². The molecule has 2 aromatic carbocycles. The zero-order chi connectivity index (χ0) is 46.7. The Morgan fingerprint density at radius 1 is 0.857 bits per heavy atom. The first kappa shape index (κ1) is 53.2. The van der Waals surface area contributed by atoms with Crippen LogP contribution in [0.3, 0.4) is 0 Å². The number of hydrogen-bond donors (Lipinski definition) is 5. The van der Waals surface area contributed by atoms with Crippen LogP contribution >= 0.6 is 0 Å². The summed E-state index contributed by atoms with van der Waals surface area (Å²) in [6, 6.07) is 11.2. The minimum absolute atomic E-state index is 0.132. The van der Waals surface area contributed by atoms with E-state index in [-0.39, 0.29) is 30.3 Å². The number of carbonyl (C=O) groups excluding carboxylic acids is 4. The molecule has 6 N–H and O–H groups in total. The predicted molar refractivity (Wildman–Crippen MR) is 241 cm³/mol. The van der Waals surface area contributed by atoms with Gasteiger partial charge in [-0.2, -0.15) is 0 Å². The number of H-pyrrole nitrogens is 2. The van der Waals surface area contributed by atoms with Crippen LogP contribution in [0.2, 0.25) is 0 Å². The Bertz CT molecular complexity index is 1950. The van der Waals surface area contributed by atoms with Gasteiger partial charge in [-0.15, -0.1) is 0 Å². The molecule has 3 amide bonds. The van der Waals surface area contributed by atoms with Crippen LogP contribution in [0.4, 0.5) is 4.79 Å². The number of likely N-dealkylation sites (N-methyl/N-ethyl adjacent to an activating group) is 1. The second-order valence-corrected chi connectivity index (χ2v) is 14.4. The Hall–Kier alpha value is -5.98. The lowest BCUT2D eigenvalue weighted by molar-refractivity contribution is -0.135. The highest BCUT2D eigenvalue weighted by molar-refractivity contribution is 5.87. The normalized spacial score (nSPS) is 13.3. The van der Waals surface area contributed by atoms with Crippen molar-refractivity contribution in [3.8, 4) is 45.1 Å². The summed E-state index contributed by atoms with van der Waals surface area (Å²) in [5.74, 6) is 2.08. The number of imidazole rings is 2. The third-order valence-electron chi connectivity index (χ3n) is 9.23. The molecule has 0 bridgehead atoms. The molecule has 0 radical (unpaired) electrons. The van der Waals surface area contributed by atoms with Crippen molar-refractivity contribution in [1.29, 1.82) is 0 Å². The first-order valence-corrected chi connectivity index (χ1v) is 21.0. The number of nitrogens with one attached hydrogen (secondary N) is 4. The largest absolute Gasteiger partial charge is 0.487 e. The molecule has 1 saturated heterocycles. The molecule has 18 nitrogen and oxygen atoms in total. The second-order valence-electron chi connectivity index (χ2n) is 14.4. The number of ether oxygens (including phenoxy) is 6. The zero-order valence-corrected chi connectivity index (χ0v) is 38.5. The number of hydrogen-bond acceptors (Lipinski definition) is 13. The Labute approximate surface area is 371 Å². The standard InChI is InChI=1S/C37H48N6O7.C3H8N2O.C3H8.C2H4O2/c1-7-31-38-21-28(40-31)25-12-10-24(11-13-25)26-14-15-27(34(50-20-18-47-5)33(26)49-19-17-46-4)29-22-39-35(41-29)30-9-8-16-43(30)36(44)32(23(2)3)42-37(45)48-6;1-5-2-3(4)6;1-3-2;1-4-2-3/h10-15,21-23,30,32H,7-9,16-20H2,1-6H3,(H,38,40)(H,39,41)(H,42,45);5H,2H2,1H3,(H2,4,6);3H2,1-2H3;2H,1H3. The van der Waals surface area contributed by atoms with E-state index >= 15 is 0 Å². The average Bonchev–Trinajstić information content (AvgIpc) is 4.08. The molecule has 5 rings (SSSR count). The van der Waals surface area contributed by atoms with Gasteiger partial charge in [0, 0.05) is 38.3 Å². The van der Waals surface area contributed by atoms with Gasteiger partial charge in [-0.05, 0) is 49.1 Å². The van der Waals surface area contributed by atoms with E-state index in [1.165, 1.54) is 20.6 Å². The summed E-state index contributed by atoms with van der Waals surface area (Å²) in [6.45, 7) is 12.7. The molecule has 0 spiro atoms. The Morgan fingerprint density at radius 3 is 1.92 bits per heavy atom. The van der Waals surface area contributed by atoms with Crippen molar-refractivity contribution >= 4 is 24.4 Å². The SMILES string of the molecule is CCC.CCc1ncc(-c2ccc(-c3ccc(-c4cnc(C5CCCN5C(=O)C(NC(=O)OC)C(C)C)[nH]4)c(OCCOC)c3OCCOC)cc2)[nH]1.CNCC(N)=O.COC=O. The molecular weight excluding hydrogens is 813 g/mol. The summed E-state index contributed by atoms with van der Waals surface area (Å²) < 4.78 is 32.1. The maximum atomic E-state index is 13.7. The third kappa shape index (κ3) is 16.7. The van der Waals surface area contributed by atoms with Gasteiger partial charge >= 0.3 is 6.09 Å². The number of likely N-dealkylation sites (tertiary alicyclic amines) is 1. The van der Waals surface area contributed by atoms with Gasteiger partial charge in [-0.3, -0.25) is 14.4 Å². The number of nitrogens with zero attached hydrogens (tertiary/aromatic N) is 3. The molecule has 1 aliphatic rings. The first-order valence-electron chi connectivity index (χ1n) is 21.0. The maximum Gasteiger partial charge on any atom is 0.407 e. The summed E-state index contributed by atoms with van der Waals surface area (Å²) in [5, 5.41) is 5.29. The fourth-order valence-corrected chi connectivity index (χ4v) is 6.27. The maximum absolute atomic E-state index is 13.7. The van der Waals surface area contributed by atoms with Gasteiger partial charge in [0.1, 0.15) is 30.9 Å². The van der Waals surface area contributed by atoms with Crippen LogP contribution in [0.15, 0.2) is 48.8 Å². The van der Waals surface area contributed by atoms with Crippen LogP contribution in [0.1, 0.15) is 71.6 Å². The highest BCUT2D eigenvalue weighted by atomic mass is 16.6. The molecule has 2 aromatic heterocycles. The highest BCUT2D eigenvalue weighted by Gasteiger charge is 2.37. The molecule has 2 unspecified atom stereocenters. The van der Waals surface area contributed by atoms with Gasteiger partial charge in [0.05, 0.1) is 63.8 Å². The second kappa shape index (κ2) is 29.3. The number of nitrogens with two attached hydrogens (primary N) is 1. The summed E-state index contributed by atoms with van der Waals surface area (Å²) in [7, 11) is 7.53. The lowest BCUT2D eigenvalue weighted by Gasteiger charge is -2.30. The zero-order valence-electron chi connectivity index (χ0n) is 38.5. The number of primary amides is 1. The first-order chi connectivity index (χ1) is 30.4. The molecule has 3 heterocycles. The number of alkyl carbamates (subject to hydrolysis) is 1. The van der Waals surface area contributed by atoms with E-state index in [4.69, 9.17) is 39.2 Å². The fourth-order valence-electron chi connectivity index (χ4n) is 6.27. The summed E-state index contributed by atoms with van der Waals surface area (Å²) >= 11 is 0. The molecule has 0 aliphatic carbocycles. The molecule has 1 aliphatic heterocycles. The van der Waals surface area contributed by atoms with Gasteiger partial charge in [-0.25, -0.2) is 14.8 Å². The van der Waals surface area contributed by atoms with Gasteiger partial charge < -0.3 is 59.7 Å². The lowest BCUT2D eigenvalue weighted by Crippen LogP contribution is -2.51. The number of amides is 3. The molecule has 63 heavy (non-hydrogen) atoms. The molecule has 2 atom stereocenters. The van der Waals surface area contributed by atoms with Crippen molar-refractivity contribution in [3.63, 3.8) is 0 Å². The van der Waals surface area contributed by atoms with E-state index in [9.17, 15) is 14.4 Å². The van der Waals surface area contributed by atoms with Gasteiger partial charge in [0.2, 0.25) is 11.8 Å². The number of carbonyl (C=O) groups is 4. The topological polar surface area (TPSA) is 234 Å². The van der Waals surface area contributed by atoms with Crippen molar-refractivity contribution in [1.82, 2.24) is 35.5 Å². The quantitative estimate of drug-likeness (QED) is 0.0564. The van der Waals surface area contributed by atoms with Gasteiger partial charge in [0.15, 0.2) is 11.5 Å². The molecule has 0 saturated carbocycles. The molecule has 348 valence electrons. The van der Waals surface area contributed by atoms with Crippen molar-refractivity contribution in [2.24, 2.45) is 11.7 Å². The average molecular weight is 881 g/mol. The Balaban J connectivity index is 0.000000923. The van der Waals surface area contributed by atoms with Crippen molar-refractivity contribution in [2.45, 2.75) is 72.4 Å². The van der Waals surface area contributed by atoms with Crippen LogP contribution in [0, 0.1) is 5.92 Å². The Morgan fingerprint density at radius 2 is 1.43 bits per heavy atom. The van der Waals surface area contributed by atoms with Gasteiger partial charge in [-0.1, -0.05) is 65.3 Å². The monoisotopic (exact) mass is 881 g/mol. The number of aryl methyl sites for hydroxylation is 1.